The molecule has 1 aliphatic heterocycles. The van der Waals surface area contributed by atoms with Crippen molar-refractivity contribution in [3.8, 4) is 0 Å². The van der Waals surface area contributed by atoms with Crippen molar-refractivity contribution in [3.05, 3.63) is 30.1 Å². The highest BCUT2D eigenvalue weighted by Gasteiger charge is 2.38. The highest BCUT2D eigenvalue weighted by atomic mass is 16.2. The molecule has 1 aromatic heterocycles. The number of amides is 1. The van der Waals surface area contributed by atoms with E-state index in [1.807, 2.05) is 36.5 Å². The van der Waals surface area contributed by atoms with Crippen LogP contribution in [0.25, 0.3) is 0 Å². The van der Waals surface area contributed by atoms with Crippen LogP contribution in [-0.2, 0) is 4.79 Å². The summed E-state index contributed by atoms with van der Waals surface area (Å²) in [6.45, 7) is 3.22. The Hall–Kier alpha value is -1.42. The SMILES string of the molecule is CC(NC[C@@H]1CC(=O)N(C)[C@H]1c1ccncc1)C1CCCC1. The Balaban J connectivity index is 1.64. The normalized spacial score (nSPS) is 27.5. The molecule has 1 unspecified atom stereocenters. The Labute approximate surface area is 133 Å². The fourth-order valence-corrected chi connectivity index (χ4v) is 4.15. The van der Waals surface area contributed by atoms with Crippen LogP contribution in [0.5, 0.6) is 0 Å². The zero-order valence-electron chi connectivity index (χ0n) is 13.7. The van der Waals surface area contributed by atoms with Gasteiger partial charge in [-0.2, -0.15) is 0 Å². The van der Waals surface area contributed by atoms with Crippen molar-refractivity contribution in [2.75, 3.05) is 13.6 Å². The molecule has 1 aromatic rings. The molecule has 1 saturated carbocycles. The number of nitrogens with one attached hydrogen (secondary N) is 1. The zero-order chi connectivity index (χ0) is 15.5. The molecule has 2 fully saturated rings. The molecule has 4 nitrogen and oxygen atoms in total. The van der Waals surface area contributed by atoms with E-state index >= 15 is 0 Å². The molecule has 4 heteroatoms. The van der Waals surface area contributed by atoms with E-state index in [2.05, 4.69) is 17.2 Å². The minimum Gasteiger partial charge on any atom is -0.338 e. The van der Waals surface area contributed by atoms with E-state index in [9.17, 15) is 4.79 Å². The molecule has 1 aliphatic carbocycles. The van der Waals surface area contributed by atoms with E-state index in [1.165, 1.54) is 31.2 Å². The first kappa shape index (κ1) is 15.5. The van der Waals surface area contributed by atoms with Crippen molar-refractivity contribution in [1.82, 2.24) is 15.2 Å². The summed E-state index contributed by atoms with van der Waals surface area (Å²) in [5, 5.41) is 3.71. The van der Waals surface area contributed by atoms with Gasteiger partial charge in [0.1, 0.15) is 0 Å². The van der Waals surface area contributed by atoms with E-state index in [4.69, 9.17) is 0 Å². The van der Waals surface area contributed by atoms with Gasteiger partial charge in [-0.1, -0.05) is 12.8 Å². The molecule has 3 rings (SSSR count). The highest BCUT2D eigenvalue weighted by molar-refractivity contribution is 5.79. The second-order valence-electron chi connectivity index (χ2n) is 6.94. The summed E-state index contributed by atoms with van der Waals surface area (Å²) >= 11 is 0. The predicted molar refractivity (Wildman–Crippen MR) is 87.3 cm³/mol. The van der Waals surface area contributed by atoms with Crippen LogP contribution in [0, 0.1) is 11.8 Å². The number of hydrogen-bond acceptors (Lipinski definition) is 3. The second-order valence-corrected chi connectivity index (χ2v) is 6.94. The van der Waals surface area contributed by atoms with Gasteiger partial charge < -0.3 is 10.2 Å². The Morgan fingerprint density at radius 3 is 2.68 bits per heavy atom. The first-order chi connectivity index (χ1) is 10.7. The molecule has 2 aliphatic rings. The quantitative estimate of drug-likeness (QED) is 0.909. The molecule has 0 aromatic carbocycles. The third-order valence-corrected chi connectivity index (χ3v) is 5.55. The van der Waals surface area contributed by atoms with Crippen LogP contribution in [0.1, 0.15) is 50.6 Å². The van der Waals surface area contributed by atoms with E-state index in [0.717, 1.165) is 12.5 Å². The number of aromatic nitrogens is 1. The van der Waals surface area contributed by atoms with Gasteiger partial charge in [-0.15, -0.1) is 0 Å². The number of carbonyl (C=O) groups excluding carboxylic acids is 1. The molecule has 0 radical (unpaired) electrons. The van der Waals surface area contributed by atoms with Gasteiger partial charge >= 0.3 is 0 Å². The summed E-state index contributed by atoms with van der Waals surface area (Å²) in [4.78, 5) is 18.1. The van der Waals surface area contributed by atoms with Crippen molar-refractivity contribution in [2.24, 2.45) is 11.8 Å². The number of hydrogen-bond donors (Lipinski definition) is 1. The molecule has 3 atom stereocenters. The van der Waals surface area contributed by atoms with Gasteiger partial charge in [-0.25, -0.2) is 0 Å². The van der Waals surface area contributed by atoms with Gasteiger partial charge in [-0.05, 0) is 43.4 Å². The molecule has 1 saturated heterocycles. The summed E-state index contributed by atoms with van der Waals surface area (Å²) in [5.74, 6) is 1.42. The summed E-state index contributed by atoms with van der Waals surface area (Å²) in [5.41, 5.74) is 1.20. The number of carbonyl (C=O) groups is 1. The minimum absolute atomic E-state index is 0.179. The molecule has 0 bridgehead atoms. The maximum Gasteiger partial charge on any atom is 0.223 e. The maximum atomic E-state index is 12.2. The topological polar surface area (TPSA) is 45.2 Å². The number of rotatable bonds is 5. The summed E-state index contributed by atoms with van der Waals surface area (Å²) in [6, 6.07) is 4.81. The highest BCUT2D eigenvalue weighted by Crippen LogP contribution is 2.36. The summed E-state index contributed by atoms with van der Waals surface area (Å²) in [7, 11) is 1.92. The average Bonchev–Trinajstić information content (AvgIpc) is 3.15. The van der Waals surface area contributed by atoms with Gasteiger partial charge in [0.15, 0.2) is 0 Å². The number of nitrogens with zero attached hydrogens (tertiary/aromatic N) is 2. The molecule has 120 valence electrons. The molecule has 1 N–H and O–H groups in total. The Bertz CT molecular complexity index is 498. The second kappa shape index (κ2) is 6.78. The van der Waals surface area contributed by atoms with Crippen LogP contribution in [0.4, 0.5) is 0 Å². The number of likely N-dealkylation sites (tertiary alicyclic amines) is 1. The molecule has 0 spiro atoms. The van der Waals surface area contributed by atoms with Crippen molar-refractivity contribution >= 4 is 5.91 Å². The zero-order valence-corrected chi connectivity index (χ0v) is 13.7. The van der Waals surface area contributed by atoms with Gasteiger partial charge in [-0.3, -0.25) is 9.78 Å². The van der Waals surface area contributed by atoms with Crippen molar-refractivity contribution in [3.63, 3.8) is 0 Å². The Kier molecular flexibility index (Phi) is 4.77. The Morgan fingerprint density at radius 2 is 2.00 bits per heavy atom. The van der Waals surface area contributed by atoms with E-state index < -0.39 is 0 Å². The van der Waals surface area contributed by atoms with Crippen LogP contribution in [0.3, 0.4) is 0 Å². The van der Waals surface area contributed by atoms with Crippen LogP contribution < -0.4 is 5.32 Å². The first-order valence-electron chi connectivity index (χ1n) is 8.56. The lowest BCUT2D eigenvalue weighted by Gasteiger charge is -2.28. The monoisotopic (exact) mass is 301 g/mol. The predicted octanol–water partition coefficient (Wildman–Crippen LogP) is 2.77. The largest absolute Gasteiger partial charge is 0.338 e. The van der Waals surface area contributed by atoms with Crippen LogP contribution >= 0.6 is 0 Å². The van der Waals surface area contributed by atoms with Gasteiger partial charge in [0.2, 0.25) is 5.91 Å². The lowest BCUT2D eigenvalue weighted by atomic mass is 9.93. The molecule has 2 heterocycles. The smallest absolute Gasteiger partial charge is 0.223 e. The first-order valence-corrected chi connectivity index (χ1v) is 8.56. The van der Waals surface area contributed by atoms with Crippen LogP contribution in [0.2, 0.25) is 0 Å². The Morgan fingerprint density at radius 1 is 1.32 bits per heavy atom. The van der Waals surface area contributed by atoms with E-state index in [0.29, 0.717) is 18.4 Å². The van der Waals surface area contributed by atoms with Crippen molar-refractivity contribution in [1.29, 1.82) is 0 Å². The fourth-order valence-electron chi connectivity index (χ4n) is 4.15. The van der Waals surface area contributed by atoms with Gasteiger partial charge in [0, 0.05) is 44.4 Å². The lowest BCUT2D eigenvalue weighted by molar-refractivity contribution is -0.127. The minimum atomic E-state index is 0.179. The van der Waals surface area contributed by atoms with E-state index in [-0.39, 0.29) is 11.9 Å². The number of pyridine rings is 1. The summed E-state index contributed by atoms with van der Waals surface area (Å²) < 4.78 is 0. The summed E-state index contributed by atoms with van der Waals surface area (Å²) in [6.07, 6.45) is 9.74. The van der Waals surface area contributed by atoms with Crippen molar-refractivity contribution < 1.29 is 4.79 Å². The van der Waals surface area contributed by atoms with Crippen LogP contribution in [-0.4, -0.2) is 35.4 Å². The van der Waals surface area contributed by atoms with E-state index in [1.54, 1.807) is 0 Å². The molecule has 1 amide bonds. The molecular formula is C18H27N3O. The third kappa shape index (κ3) is 3.17. The van der Waals surface area contributed by atoms with Gasteiger partial charge in [0.05, 0.1) is 6.04 Å². The lowest BCUT2D eigenvalue weighted by Crippen LogP contribution is -2.37. The third-order valence-electron chi connectivity index (χ3n) is 5.55. The van der Waals surface area contributed by atoms with Crippen molar-refractivity contribution in [2.45, 2.75) is 51.1 Å². The average molecular weight is 301 g/mol. The maximum absolute atomic E-state index is 12.2. The standard InChI is InChI=1S/C18H27N3O/c1-13(14-5-3-4-6-14)20-12-16-11-17(22)21(2)18(16)15-7-9-19-10-8-15/h7-10,13-14,16,18,20H,3-6,11-12H2,1-2H3/t13?,16-,18-/m0/s1. The molecular weight excluding hydrogens is 274 g/mol. The van der Waals surface area contributed by atoms with Gasteiger partial charge in [0.25, 0.3) is 0 Å². The van der Waals surface area contributed by atoms with Crippen LogP contribution in [0.15, 0.2) is 24.5 Å². The fraction of sp³-hybridized carbons (Fsp3) is 0.667. The molecule has 22 heavy (non-hydrogen) atoms.